The maximum absolute atomic E-state index is 14.3. The highest BCUT2D eigenvalue weighted by Crippen LogP contribution is 2.23. The van der Waals surface area contributed by atoms with Crippen molar-refractivity contribution in [3.05, 3.63) is 29.6 Å². The van der Waals surface area contributed by atoms with Gasteiger partial charge in [0.05, 0.1) is 24.1 Å². The first-order valence-corrected chi connectivity index (χ1v) is 10.5. The van der Waals surface area contributed by atoms with E-state index >= 15 is 0 Å². The molecule has 0 fully saturated rings. The molecule has 0 aliphatic heterocycles. The molecule has 0 bridgehead atoms. The van der Waals surface area contributed by atoms with Crippen molar-refractivity contribution in [1.29, 1.82) is 0 Å². The highest BCUT2D eigenvalue weighted by molar-refractivity contribution is 8.09. The van der Waals surface area contributed by atoms with Gasteiger partial charge in [0.25, 0.3) is 0 Å². The zero-order valence-electron chi connectivity index (χ0n) is 13.6. The van der Waals surface area contributed by atoms with E-state index < -0.39 is 47.5 Å². The van der Waals surface area contributed by atoms with E-state index in [1.165, 1.54) is 13.0 Å². The van der Waals surface area contributed by atoms with E-state index in [9.17, 15) is 26.0 Å². The Morgan fingerprint density at radius 3 is 2.38 bits per heavy atom. The summed E-state index contributed by atoms with van der Waals surface area (Å²) in [7, 11) is -7.26. The van der Waals surface area contributed by atoms with E-state index in [2.05, 4.69) is 4.74 Å². The molecule has 1 atom stereocenters. The Morgan fingerprint density at radius 1 is 1.25 bits per heavy atom. The van der Waals surface area contributed by atoms with Gasteiger partial charge in [0, 0.05) is 0 Å². The van der Waals surface area contributed by atoms with Crippen molar-refractivity contribution >= 4 is 31.5 Å². The van der Waals surface area contributed by atoms with Crippen LogP contribution in [0.2, 0.25) is 0 Å². The lowest BCUT2D eigenvalue weighted by Gasteiger charge is -2.18. The number of hydrogen-bond donors (Lipinski definition) is 1. The minimum atomic E-state index is -4.41. The molecule has 7 nitrogen and oxygen atoms in total. The summed E-state index contributed by atoms with van der Waals surface area (Å²) in [6, 6.07) is 3.48. The van der Waals surface area contributed by atoms with Crippen molar-refractivity contribution in [2.45, 2.75) is 31.3 Å². The first-order chi connectivity index (χ1) is 11.1. The lowest BCUT2D eigenvalue weighted by atomic mass is 10.2. The summed E-state index contributed by atoms with van der Waals surface area (Å²) in [5, 5.41) is 0. The minimum absolute atomic E-state index is 0.185. The van der Waals surface area contributed by atoms with Crippen LogP contribution in [0.4, 0.5) is 10.1 Å². The van der Waals surface area contributed by atoms with Crippen LogP contribution in [0.3, 0.4) is 0 Å². The number of methoxy groups -OCH3 is 1. The van der Waals surface area contributed by atoms with Crippen LogP contribution in [0.1, 0.15) is 37.0 Å². The number of halogens is 1. The van der Waals surface area contributed by atoms with Crippen LogP contribution in [-0.2, 0) is 24.6 Å². The molecule has 24 heavy (non-hydrogen) atoms. The summed E-state index contributed by atoms with van der Waals surface area (Å²) in [4.78, 5) is 11.5. The van der Waals surface area contributed by atoms with Gasteiger partial charge in [-0.3, -0.25) is 4.72 Å². The molecule has 0 saturated heterocycles. The molecule has 1 rings (SSSR count). The summed E-state index contributed by atoms with van der Waals surface area (Å²) < 4.78 is 67.9. The number of sulfone groups is 1. The summed E-state index contributed by atoms with van der Waals surface area (Å²) >= 11 is 0. The fourth-order valence-corrected chi connectivity index (χ4v) is 6.53. The highest BCUT2D eigenvalue weighted by atomic mass is 32.3. The quantitative estimate of drug-likeness (QED) is 0.690. The van der Waals surface area contributed by atoms with Crippen LogP contribution in [0.15, 0.2) is 18.2 Å². The predicted molar refractivity (Wildman–Crippen MR) is 88.4 cm³/mol. The Morgan fingerprint density at radius 2 is 1.88 bits per heavy atom. The van der Waals surface area contributed by atoms with Gasteiger partial charge in [-0.1, -0.05) is 19.9 Å². The largest absolute Gasteiger partial charge is 0.465 e. The molecule has 0 saturated carbocycles. The van der Waals surface area contributed by atoms with Gasteiger partial charge >= 0.3 is 5.97 Å². The molecule has 0 spiro atoms. The summed E-state index contributed by atoms with van der Waals surface area (Å²) in [5.41, 5.74) is -0.967. The van der Waals surface area contributed by atoms with E-state index in [1.807, 2.05) is 4.72 Å². The molecule has 0 aliphatic rings. The third kappa shape index (κ3) is 4.44. The van der Waals surface area contributed by atoms with Gasteiger partial charge in [0.15, 0.2) is 20.2 Å². The van der Waals surface area contributed by atoms with Crippen molar-refractivity contribution in [2.75, 3.05) is 17.6 Å². The lowest BCUT2D eigenvalue weighted by Crippen LogP contribution is -2.36. The Kier molecular flexibility index (Phi) is 6.73. The van der Waals surface area contributed by atoms with Gasteiger partial charge in [-0.15, -0.1) is 0 Å². The molecule has 0 amide bonds. The second kappa shape index (κ2) is 7.93. The van der Waals surface area contributed by atoms with Crippen LogP contribution in [0.5, 0.6) is 0 Å². The van der Waals surface area contributed by atoms with Crippen LogP contribution < -0.4 is 4.72 Å². The van der Waals surface area contributed by atoms with E-state index in [4.69, 9.17) is 0 Å². The number of hydrogen-bond acceptors (Lipinski definition) is 6. The predicted octanol–water partition coefficient (Wildman–Crippen LogP) is 1.91. The van der Waals surface area contributed by atoms with E-state index in [-0.39, 0.29) is 18.6 Å². The third-order valence-electron chi connectivity index (χ3n) is 3.22. The summed E-state index contributed by atoms with van der Waals surface area (Å²) in [6.07, 6.45) is 0.0799. The van der Waals surface area contributed by atoms with Crippen LogP contribution in [-0.4, -0.2) is 40.2 Å². The van der Waals surface area contributed by atoms with Crippen molar-refractivity contribution in [2.24, 2.45) is 0 Å². The molecule has 0 aliphatic carbocycles. The molecule has 1 aromatic rings. The number of sulfonamides is 1. The summed E-state index contributed by atoms with van der Waals surface area (Å²) in [6.45, 7) is 3.03. The average molecular weight is 381 g/mol. The Bertz CT molecular complexity index is 805. The average Bonchev–Trinajstić information content (AvgIpc) is 2.48. The minimum Gasteiger partial charge on any atom is -0.465 e. The number of carbonyl (C=O) groups is 1. The van der Waals surface area contributed by atoms with Crippen molar-refractivity contribution in [3.8, 4) is 0 Å². The topological polar surface area (TPSA) is 107 Å². The zero-order chi connectivity index (χ0) is 18.5. The fourth-order valence-electron chi connectivity index (χ4n) is 2.18. The second-order valence-corrected chi connectivity index (χ2v) is 9.48. The zero-order valence-corrected chi connectivity index (χ0v) is 15.2. The second-order valence-electron chi connectivity index (χ2n) is 5.01. The van der Waals surface area contributed by atoms with Crippen molar-refractivity contribution in [1.82, 2.24) is 0 Å². The van der Waals surface area contributed by atoms with Gasteiger partial charge in [-0.2, -0.15) is 0 Å². The molecular formula is C14H20FNO6S2. The number of rotatable bonds is 8. The van der Waals surface area contributed by atoms with E-state index in [1.54, 1.807) is 6.92 Å². The maximum Gasteiger partial charge on any atom is 0.340 e. The molecule has 0 radical (unpaired) electrons. The SMILES string of the molecule is CCCS(=O)(=O)C(CC)S(=O)(=O)Nc1cccc(C(=O)OC)c1F. The van der Waals surface area contributed by atoms with E-state index in [0.29, 0.717) is 0 Å². The van der Waals surface area contributed by atoms with Gasteiger partial charge in [-0.05, 0) is 25.0 Å². The van der Waals surface area contributed by atoms with Gasteiger partial charge in [-0.25, -0.2) is 26.0 Å². The van der Waals surface area contributed by atoms with Crippen molar-refractivity contribution in [3.63, 3.8) is 0 Å². The first kappa shape index (κ1) is 20.4. The van der Waals surface area contributed by atoms with Crippen LogP contribution in [0.25, 0.3) is 0 Å². The van der Waals surface area contributed by atoms with Gasteiger partial charge < -0.3 is 4.74 Å². The smallest absolute Gasteiger partial charge is 0.340 e. The number of anilines is 1. The van der Waals surface area contributed by atoms with Gasteiger partial charge in [0.2, 0.25) is 10.0 Å². The van der Waals surface area contributed by atoms with Crippen molar-refractivity contribution < 1.29 is 30.8 Å². The maximum atomic E-state index is 14.3. The molecule has 1 unspecified atom stereocenters. The Labute approximate surface area is 141 Å². The molecule has 0 heterocycles. The van der Waals surface area contributed by atoms with Crippen LogP contribution in [0, 0.1) is 5.82 Å². The van der Waals surface area contributed by atoms with Gasteiger partial charge in [0.1, 0.15) is 0 Å². The summed E-state index contributed by atoms with van der Waals surface area (Å²) in [5.74, 6) is -2.40. The fraction of sp³-hybridized carbons (Fsp3) is 0.500. The third-order valence-corrected chi connectivity index (χ3v) is 8.51. The number of esters is 1. The Balaban J connectivity index is 3.26. The highest BCUT2D eigenvalue weighted by Gasteiger charge is 2.36. The Hall–Kier alpha value is -1.68. The molecule has 10 heteroatoms. The number of carbonyl (C=O) groups excluding carboxylic acids is 1. The monoisotopic (exact) mass is 381 g/mol. The molecule has 1 aromatic carbocycles. The molecular weight excluding hydrogens is 361 g/mol. The molecule has 136 valence electrons. The standard InChI is InChI=1S/C14H20FNO6S2/c1-4-9-23(18,19)12(5-2)24(20,21)16-11-8-6-7-10(13(11)15)14(17)22-3/h6-8,12,16H,4-5,9H2,1-3H3. The lowest BCUT2D eigenvalue weighted by molar-refractivity contribution is 0.0595. The number of ether oxygens (including phenoxy) is 1. The number of benzene rings is 1. The normalized spacial score (nSPS) is 13.3. The first-order valence-electron chi connectivity index (χ1n) is 7.20. The molecule has 1 N–H and O–H groups in total. The molecule has 0 aromatic heterocycles. The number of nitrogens with one attached hydrogen (secondary N) is 1. The van der Waals surface area contributed by atoms with Crippen LogP contribution >= 0.6 is 0 Å². The van der Waals surface area contributed by atoms with E-state index in [0.717, 1.165) is 19.2 Å².